The summed E-state index contributed by atoms with van der Waals surface area (Å²) in [6.45, 7) is 4.92. The van der Waals surface area contributed by atoms with Gasteiger partial charge in [0.15, 0.2) is 0 Å². The van der Waals surface area contributed by atoms with Gasteiger partial charge in [-0.2, -0.15) is 0 Å². The van der Waals surface area contributed by atoms with Gasteiger partial charge in [-0.1, -0.05) is 0 Å². The van der Waals surface area contributed by atoms with Crippen molar-refractivity contribution in [1.29, 1.82) is 0 Å². The number of carbonyl (C=O) groups excluding carboxylic acids is 1. The Kier molecular flexibility index (Phi) is 5.38. The molecule has 116 valence electrons. The van der Waals surface area contributed by atoms with Crippen molar-refractivity contribution in [1.82, 2.24) is 5.32 Å². The highest BCUT2D eigenvalue weighted by molar-refractivity contribution is 5.90. The van der Waals surface area contributed by atoms with Gasteiger partial charge in [0.25, 0.3) is 0 Å². The smallest absolute Gasteiger partial charge is 0.319 e. The zero-order valence-electron chi connectivity index (χ0n) is 12.3. The summed E-state index contributed by atoms with van der Waals surface area (Å²) in [5, 5.41) is 5.33. The van der Waals surface area contributed by atoms with Crippen LogP contribution in [0.15, 0.2) is 18.2 Å². The Morgan fingerprint density at radius 1 is 1.52 bits per heavy atom. The minimum absolute atomic E-state index is 0.0639. The molecule has 1 atom stereocenters. The lowest BCUT2D eigenvalue weighted by molar-refractivity contribution is 0.112. The van der Waals surface area contributed by atoms with Gasteiger partial charge >= 0.3 is 6.03 Å². The lowest BCUT2D eigenvalue weighted by Crippen LogP contribution is -2.35. The van der Waals surface area contributed by atoms with Gasteiger partial charge in [-0.25, -0.2) is 9.18 Å². The molecule has 1 aliphatic heterocycles. The molecule has 1 aliphatic rings. The predicted molar refractivity (Wildman–Crippen MR) is 78.2 cm³/mol. The van der Waals surface area contributed by atoms with E-state index in [4.69, 9.17) is 9.47 Å². The number of hydrogen-bond donors (Lipinski definition) is 2. The van der Waals surface area contributed by atoms with E-state index in [1.54, 1.807) is 0 Å². The molecule has 2 amide bonds. The quantitative estimate of drug-likeness (QED) is 0.878. The van der Waals surface area contributed by atoms with Crippen LogP contribution in [0.1, 0.15) is 26.7 Å². The molecule has 0 unspecified atom stereocenters. The van der Waals surface area contributed by atoms with Crippen LogP contribution < -0.4 is 15.4 Å². The highest BCUT2D eigenvalue weighted by atomic mass is 19.1. The van der Waals surface area contributed by atoms with E-state index < -0.39 is 11.8 Å². The fourth-order valence-electron chi connectivity index (χ4n) is 2.13. The van der Waals surface area contributed by atoms with Gasteiger partial charge in [0.05, 0.1) is 17.9 Å². The number of halogens is 1. The zero-order chi connectivity index (χ0) is 15.2. The molecule has 2 N–H and O–H groups in total. The lowest BCUT2D eigenvalue weighted by Gasteiger charge is -2.16. The fraction of sp³-hybridized carbons (Fsp3) is 0.533. The number of rotatable bonds is 5. The molecule has 0 spiro atoms. The number of ether oxygens (including phenoxy) is 2. The third-order valence-electron chi connectivity index (χ3n) is 3.07. The highest BCUT2D eigenvalue weighted by Crippen LogP contribution is 2.26. The summed E-state index contributed by atoms with van der Waals surface area (Å²) in [6.07, 6.45) is 1.97. The first-order valence-corrected chi connectivity index (χ1v) is 7.17. The van der Waals surface area contributed by atoms with Crippen LogP contribution >= 0.6 is 0 Å². The van der Waals surface area contributed by atoms with Crippen LogP contribution in [0, 0.1) is 5.82 Å². The average molecular weight is 296 g/mol. The van der Waals surface area contributed by atoms with Crippen LogP contribution in [0.3, 0.4) is 0 Å². The average Bonchev–Trinajstić information content (AvgIpc) is 2.92. The van der Waals surface area contributed by atoms with E-state index in [1.807, 2.05) is 13.8 Å². The number of amides is 2. The number of anilines is 1. The monoisotopic (exact) mass is 296 g/mol. The molecule has 0 aliphatic carbocycles. The third-order valence-corrected chi connectivity index (χ3v) is 3.07. The van der Waals surface area contributed by atoms with E-state index in [0.717, 1.165) is 19.4 Å². The minimum atomic E-state index is -0.430. The Bertz CT molecular complexity index is 488. The summed E-state index contributed by atoms with van der Waals surface area (Å²) in [5.41, 5.74) is 0.313. The highest BCUT2D eigenvalue weighted by Gasteiger charge is 2.17. The first kappa shape index (κ1) is 15.6. The van der Waals surface area contributed by atoms with E-state index in [-0.39, 0.29) is 12.2 Å². The van der Waals surface area contributed by atoms with Crippen molar-refractivity contribution < 1.29 is 18.7 Å². The van der Waals surface area contributed by atoms with Crippen molar-refractivity contribution in [2.45, 2.75) is 38.9 Å². The Morgan fingerprint density at radius 2 is 2.33 bits per heavy atom. The van der Waals surface area contributed by atoms with E-state index in [9.17, 15) is 9.18 Å². The predicted octanol–water partition coefficient (Wildman–Crippen LogP) is 2.91. The molecule has 0 saturated carbocycles. The normalized spacial score (nSPS) is 17.8. The van der Waals surface area contributed by atoms with Crippen LogP contribution in [0.2, 0.25) is 0 Å². The van der Waals surface area contributed by atoms with Crippen LogP contribution in [-0.4, -0.2) is 31.4 Å². The molecule has 0 bridgehead atoms. The van der Waals surface area contributed by atoms with Crippen LogP contribution in [0.25, 0.3) is 0 Å². The van der Waals surface area contributed by atoms with Crippen molar-refractivity contribution in [2.24, 2.45) is 0 Å². The van der Waals surface area contributed by atoms with E-state index in [2.05, 4.69) is 10.6 Å². The maximum Gasteiger partial charge on any atom is 0.319 e. The van der Waals surface area contributed by atoms with Gasteiger partial charge in [-0.05, 0) is 38.8 Å². The Balaban J connectivity index is 1.93. The van der Waals surface area contributed by atoms with E-state index in [0.29, 0.717) is 18.0 Å². The van der Waals surface area contributed by atoms with Gasteiger partial charge < -0.3 is 20.1 Å². The van der Waals surface area contributed by atoms with E-state index in [1.165, 1.54) is 18.2 Å². The van der Waals surface area contributed by atoms with Crippen molar-refractivity contribution in [3.63, 3.8) is 0 Å². The summed E-state index contributed by atoms with van der Waals surface area (Å²) in [5.74, 6) is 0.0131. The summed E-state index contributed by atoms with van der Waals surface area (Å²) in [4.78, 5) is 11.9. The van der Waals surface area contributed by atoms with Gasteiger partial charge in [0.2, 0.25) is 0 Å². The Hall–Kier alpha value is -1.82. The second-order valence-electron chi connectivity index (χ2n) is 5.28. The van der Waals surface area contributed by atoms with Crippen molar-refractivity contribution in [3.05, 3.63) is 24.0 Å². The molecule has 6 heteroatoms. The first-order chi connectivity index (χ1) is 10.0. The molecule has 0 radical (unpaired) electrons. The molecule has 1 heterocycles. The molecule has 0 aromatic heterocycles. The number of carbonyl (C=O) groups is 1. The van der Waals surface area contributed by atoms with Gasteiger partial charge in [-0.3, -0.25) is 0 Å². The molecule has 5 nitrogen and oxygen atoms in total. The van der Waals surface area contributed by atoms with Crippen LogP contribution in [0.4, 0.5) is 14.9 Å². The minimum Gasteiger partial charge on any atom is -0.489 e. The second-order valence-corrected chi connectivity index (χ2v) is 5.28. The summed E-state index contributed by atoms with van der Waals surface area (Å²) >= 11 is 0. The van der Waals surface area contributed by atoms with Crippen LogP contribution in [0.5, 0.6) is 5.75 Å². The molecular weight excluding hydrogens is 275 g/mol. The molecule has 2 rings (SSSR count). The zero-order valence-corrected chi connectivity index (χ0v) is 12.3. The van der Waals surface area contributed by atoms with Gasteiger partial charge in [0.1, 0.15) is 11.6 Å². The second kappa shape index (κ2) is 7.26. The third kappa shape index (κ3) is 4.90. The first-order valence-electron chi connectivity index (χ1n) is 7.17. The largest absolute Gasteiger partial charge is 0.489 e. The van der Waals surface area contributed by atoms with Crippen molar-refractivity contribution in [2.75, 3.05) is 18.5 Å². The number of benzene rings is 1. The molecule has 1 fully saturated rings. The Labute approximate surface area is 123 Å². The molecular formula is C15H21FN2O3. The molecule has 1 saturated heterocycles. The fourth-order valence-corrected chi connectivity index (χ4v) is 2.13. The number of urea groups is 1. The number of hydrogen-bond acceptors (Lipinski definition) is 3. The topological polar surface area (TPSA) is 59.6 Å². The molecule has 21 heavy (non-hydrogen) atoms. The van der Waals surface area contributed by atoms with Gasteiger partial charge in [0, 0.05) is 19.2 Å². The van der Waals surface area contributed by atoms with E-state index >= 15 is 0 Å². The standard InChI is InChI=1S/C15H21FN2O3/c1-10(2)21-14-6-5-11(16)8-13(14)18-15(19)17-9-12-4-3-7-20-12/h5-6,8,10,12H,3-4,7,9H2,1-2H3,(H2,17,18,19)/t12-/m0/s1. The van der Waals surface area contributed by atoms with Crippen molar-refractivity contribution in [3.8, 4) is 5.75 Å². The maximum absolute atomic E-state index is 13.3. The summed E-state index contributed by atoms with van der Waals surface area (Å²) < 4.78 is 24.3. The number of nitrogens with one attached hydrogen (secondary N) is 2. The van der Waals surface area contributed by atoms with Crippen molar-refractivity contribution >= 4 is 11.7 Å². The molecule has 1 aromatic rings. The molecule has 1 aromatic carbocycles. The van der Waals surface area contributed by atoms with Gasteiger partial charge in [-0.15, -0.1) is 0 Å². The maximum atomic E-state index is 13.3. The summed E-state index contributed by atoms with van der Waals surface area (Å²) in [6, 6.07) is 3.64. The Morgan fingerprint density at radius 3 is 3.00 bits per heavy atom. The SMILES string of the molecule is CC(C)Oc1ccc(F)cc1NC(=O)NC[C@@H]1CCCO1. The summed E-state index contributed by atoms with van der Waals surface area (Å²) in [7, 11) is 0. The van der Waals surface area contributed by atoms with Crippen LogP contribution in [-0.2, 0) is 4.74 Å². The lowest BCUT2D eigenvalue weighted by atomic mass is 10.2.